The first kappa shape index (κ1) is 19.3. The maximum absolute atomic E-state index is 13.0. The van der Waals surface area contributed by atoms with Crippen molar-refractivity contribution in [1.82, 2.24) is 19.8 Å². The normalized spacial score (nSPS) is 18.2. The summed E-state index contributed by atoms with van der Waals surface area (Å²) in [4.78, 5) is 10.4. The molecule has 27 heavy (non-hydrogen) atoms. The molecule has 0 amide bonds. The summed E-state index contributed by atoms with van der Waals surface area (Å²) in [6, 6.07) is 6.34. The van der Waals surface area contributed by atoms with Crippen LogP contribution in [-0.2, 0) is 11.3 Å². The summed E-state index contributed by atoms with van der Waals surface area (Å²) in [5, 5.41) is 3.14. The topological polar surface area (TPSA) is 54.7 Å². The highest BCUT2D eigenvalue weighted by Gasteiger charge is 2.25. The lowest BCUT2D eigenvalue weighted by Crippen LogP contribution is -2.48. The third-order valence-electron chi connectivity index (χ3n) is 4.71. The second kappa shape index (κ2) is 8.47. The molecular formula is C19H25F2N5O. The summed E-state index contributed by atoms with van der Waals surface area (Å²) in [6.45, 7) is 3.63. The molecule has 2 aromatic rings. The molecule has 1 aliphatic rings. The molecule has 3 rings (SSSR count). The van der Waals surface area contributed by atoms with E-state index in [0.717, 1.165) is 10.1 Å². The third-order valence-corrected chi connectivity index (χ3v) is 4.71. The molecule has 0 bridgehead atoms. The van der Waals surface area contributed by atoms with Crippen LogP contribution < -0.4 is 5.32 Å². The number of aromatic nitrogens is 2. The minimum atomic E-state index is -2.61. The largest absolute Gasteiger partial charge is 0.370 e. The van der Waals surface area contributed by atoms with Gasteiger partial charge in [-0.3, -0.25) is 9.56 Å². The number of nitrogens with one attached hydrogen (secondary N) is 1. The quantitative estimate of drug-likeness (QED) is 0.657. The van der Waals surface area contributed by atoms with Crippen LogP contribution in [-0.4, -0.2) is 47.2 Å². The fourth-order valence-corrected chi connectivity index (χ4v) is 3.37. The smallest absolute Gasteiger partial charge is 0.319 e. The fourth-order valence-electron chi connectivity index (χ4n) is 3.37. The van der Waals surface area contributed by atoms with Gasteiger partial charge < -0.3 is 15.0 Å². The van der Waals surface area contributed by atoms with E-state index >= 15 is 0 Å². The molecule has 1 atom stereocenters. The van der Waals surface area contributed by atoms with Crippen molar-refractivity contribution in [3.63, 3.8) is 0 Å². The van der Waals surface area contributed by atoms with Crippen LogP contribution >= 0.6 is 0 Å². The Morgan fingerprint density at radius 3 is 2.93 bits per heavy atom. The highest BCUT2D eigenvalue weighted by Crippen LogP contribution is 2.26. The van der Waals surface area contributed by atoms with E-state index in [2.05, 4.69) is 52.2 Å². The second-order valence-corrected chi connectivity index (χ2v) is 6.59. The Kier molecular flexibility index (Phi) is 6.05. The number of hydrogen-bond donors (Lipinski definition) is 1. The van der Waals surface area contributed by atoms with Crippen LogP contribution in [0.15, 0.2) is 35.6 Å². The summed E-state index contributed by atoms with van der Waals surface area (Å²) >= 11 is 0. The first-order valence-electron chi connectivity index (χ1n) is 8.93. The van der Waals surface area contributed by atoms with E-state index in [4.69, 9.17) is 4.74 Å². The van der Waals surface area contributed by atoms with Gasteiger partial charge in [0.2, 0.25) is 0 Å². The Labute approximate surface area is 157 Å². The van der Waals surface area contributed by atoms with Crippen LogP contribution in [0.1, 0.15) is 35.2 Å². The minimum Gasteiger partial charge on any atom is -0.370 e. The highest BCUT2D eigenvalue weighted by atomic mass is 19.3. The van der Waals surface area contributed by atoms with Crippen molar-refractivity contribution < 1.29 is 13.5 Å². The molecule has 2 heterocycles. The van der Waals surface area contributed by atoms with Crippen molar-refractivity contribution in [3.05, 3.63) is 53.1 Å². The zero-order valence-electron chi connectivity index (χ0n) is 15.8. The van der Waals surface area contributed by atoms with Gasteiger partial charge in [-0.2, -0.15) is 8.78 Å². The van der Waals surface area contributed by atoms with Crippen LogP contribution in [0, 0.1) is 13.8 Å². The molecule has 1 aromatic carbocycles. The first-order chi connectivity index (χ1) is 13.0. The van der Waals surface area contributed by atoms with Gasteiger partial charge in [0.25, 0.3) is 0 Å². The molecular weight excluding hydrogens is 352 g/mol. The van der Waals surface area contributed by atoms with Crippen molar-refractivity contribution in [1.29, 1.82) is 0 Å². The molecule has 0 radical (unpaired) electrons. The SMILES string of the molecule is CN=C(NCc1nccn1C(F)F)N1CCOC(c2ccc(C)cc2C)C1. The predicted octanol–water partition coefficient (Wildman–Crippen LogP) is 3.04. The van der Waals surface area contributed by atoms with E-state index in [0.29, 0.717) is 25.7 Å². The van der Waals surface area contributed by atoms with Gasteiger partial charge in [0.15, 0.2) is 5.96 Å². The van der Waals surface area contributed by atoms with Crippen molar-refractivity contribution in [2.75, 3.05) is 26.7 Å². The van der Waals surface area contributed by atoms with Gasteiger partial charge >= 0.3 is 6.55 Å². The van der Waals surface area contributed by atoms with Crippen LogP contribution in [0.2, 0.25) is 0 Å². The zero-order valence-corrected chi connectivity index (χ0v) is 15.8. The van der Waals surface area contributed by atoms with Crippen molar-refractivity contribution in [2.24, 2.45) is 4.99 Å². The van der Waals surface area contributed by atoms with Crippen molar-refractivity contribution in [2.45, 2.75) is 33.0 Å². The molecule has 146 valence electrons. The average Bonchev–Trinajstić information content (AvgIpc) is 3.11. The Morgan fingerprint density at radius 2 is 2.22 bits per heavy atom. The molecule has 0 saturated carbocycles. The Hall–Kier alpha value is -2.48. The number of hydrogen-bond acceptors (Lipinski definition) is 3. The Balaban J connectivity index is 1.67. The average molecular weight is 377 g/mol. The summed E-state index contributed by atoms with van der Waals surface area (Å²) < 4.78 is 32.7. The first-order valence-corrected chi connectivity index (χ1v) is 8.93. The molecule has 1 unspecified atom stereocenters. The lowest BCUT2D eigenvalue weighted by molar-refractivity contribution is -0.00837. The lowest BCUT2D eigenvalue weighted by atomic mass is 10.00. The Bertz CT molecular complexity index is 805. The molecule has 1 aliphatic heterocycles. The maximum atomic E-state index is 13.0. The van der Waals surface area contributed by atoms with E-state index in [1.165, 1.54) is 23.5 Å². The van der Waals surface area contributed by atoms with Gasteiger partial charge in [0.1, 0.15) is 11.9 Å². The number of alkyl halides is 2. The fraction of sp³-hybridized carbons (Fsp3) is 0.474. The van der Waals surface area contributed by atoms with Crippen molar-refractivity contribution in [3.8, 4) is 0 Å². The number of aryl methyl sites for hydroxylation is 2. The van der Waals surface area contributed by atoms with Crippen LogP contribution in [0.4, 0.5) is 8.78 Å². The number of benzene rings is 1. The summed E-state index contributed by atoms with van der Waals surface area (Å²) in [6.07, 6.45) is 2.59. The third kappa shape index (κ3) is 4.44. The van der Waals surface area contributed by atoms with Gasteiger partial charge in [-0.05, 0) is 25.0 Å². The highest BCUT2D eigenvalue weighted by molar-refractivity contribution is 5.80. The van der Waals surface area contributed by atoms with Gasteiger partial charge in [-0.15, -0.1) is 0 Å². The minimum absolute atomic E-state index is 0.0547. The standard InChI is InChI=1S/C19H25F2N5O/c1-13-4-5-15(14(2)10-13)16-12-25(8-9-27-16)19(22-3)24-11-17-23-6-7-26(17)18(20)21/h4-7,10,16,18H,8-9,11-12H2,1-3H3,(H,22,24). The molecule has 8 heteroatoms. The van der Waals surface area contributed by atoms with Gasteiger partial charge in [-0.1, -0.05) is 23.8 Å². The van der Waals surface area contributed by atoms with Crippen molar-refractivity contribution >= 4 is 5.96 Å². The number of rotatable bonds is 4. The summed E-state index contributed by atoms with van der Waals surface area (Å²) in [5.41, 5.74) is 3.58. The van der Waals surface area contributed by atoms with Gasteiger partial charge in [-0.25, -0.2) is 4.98 Å². The molecule has 0 spiro atoms. The van der Waals surface area contributed by atoms with Crippen LogP contribution in [0.25, 0.3) is 0 Å². The number of halogens is 2. The van der Waals surface area contributed by atoms with Gasteiger partial charge in [0, 0.05) is 26.0 Å². The molecule has 0 aliphatic carbocycles. The molecule has 1 saturated heterocycles. The molecule has 1 aromatic heterocycles. The maximum Gasteiger partial charge on any atom is 0.319 e. The van der Waals surface area contributed by atoms with E-state index in [1.807, 2.05) is 0 Å². The number of nitrogens with zero attached hydrogens (tertiary/aromatic N) is 4. The monoisotopic (exact) mass is 377 g/mol. The molecule has 6 nitrogen and oxygen atoms in total. The molecule has 1 fully saturated rings. The number of imidazole rings is 1. The van der Waals surface area contributed by atoms with Crippen LogP contribution in [0.5, 0.6) is 0 Å². The number of aliphatic imine (C=N–C) groups is 1. The summed E-state index contributed by atoms with van der Waals surface area (Å²) in [5.74, 6) is 0.919. The summed E-state index contributed by atoms with van der Waals surface area (Å²) in [7, 11) is 1.68. The zero-order chi connectivity index (χ0) is 19.4. The van der Waals surface area contributed by atoms with E-state index in [-0.39, 0.29) is 18.5 Å². The Morgan fingerprint density at radius 1 is 1.41 bits per heavy atom. The van der Waals surface area contributed by atoms with E-state index in [9.17, 15) is 8.78 Å². The number of ether oxygens (including phenoxy) is 1. The second-order valence-electron chi connectivity index (χ2n) is 6.59. The lowest BCUT2D eigenvalue weighted by Gasteiger charge is -2.35. The van der Waals surface area contributed by atoms with E-state index in [1.54, 1.807) is 7.05 Å². The van der Waals surface area contributed by atoms with Crippen LogP contribution in [0.3, 0.4) is 0 Å². The van der Waals surface area contributed by atoms with Gasteiger partial charge in [0.05, 0.1) is 19.7 Å². The number of morpholine rings is 1. The predicted molar refractivity (Wildman–Crippen MR) is 99.9 cm³/mol. The van der Waals surface area contributed by atoms with E-state index < -0.39 is 6.55 Å². The number of guanidine groups is 1. The molecule has 1 N–H and O–H groups in total.